The monoisotopic (exact) mass is 196 g/mol. The second kappa shape index (κ2) is 5.04. The van der Waals surface area contributed by atoms with Crippen molar-refractivity contribution in [3.8, 4) is 0 Å². The normalized spacial score (nSPS) is 10.0. The van der Waals surface area contributed by atoms with Crippen molar-refractivity contribution in [2.75, 3.05) is 12.3 Å². The first-order valence-electron chi connectivity index (χ1n) is 4.36. The van der Waals surface area contributed by atoms with Crippen LogP contribution in [-0.2, 0) is 6.54 Å². The summed E-state index contributed by atoms with van der Waals surface area (Å²) >= 11 is 1.70. The molecule has 0 amide bonds. The van der Waals surface area contributed by atoms with E-state index in [9.17, 15) is 0 Å². The van der Waals surface area contributed by atoms with Crippen LogP contribution in [0.15, 0.2) is 23.1 Å². The molecule has 0 aliphatic heterocycles. The van der Waals surface area contributed by atoms with Gasteiger partial charge in [-0.3, -0.25) is 0 Å². The highest BCUT2D eigenvalue weighted by Gasteiger charge is 1.97. The molecular formula is C10H16N2S. The molecule has 1 rings (SSSR count). The Balaban J connectivity index is 2.28. The van der Waals surface area contributed by atoms with E-state index in [1.807, 2.05) is 11.4 Å². The predicted molar refractivity (Wildman–Crippen MR) is 59.9 cm³/mol. The molecule has 0 saturated heterocycles. The number of hydrogen-bond donors (Lipinski definition) is 2. The van der Waals surface area contributed by atoms with Crippen LogP contribution < -0.4 is 11.1 Å². The van der Waals surface area contributed by atoms with E-state index in [-0.39, 0.29) is 0 Å². The Morgan fingerprint density at radius 1 is 1.62 bits per heavy atom. The zero-order chi connectivity index (χ0) is 9.68. The van der Waals surface area contributed by atoms with Gasteiger partial charge in [0.25, 0.3) is 0 Å². The summed E-state index contributed by atoms with van der Waals surface area (Å²) in [7, 11) is 0. The third-order valence-electron chi connectivity index (χ3n) is 1.72. The quantitative estimate of drug-likeness (QED) is 0.573. The lowest BCUT2D eigenvalue weighted by atomic mass is 10.3. The van der Waals surface area contributed by atoms with Crippen molar-refractivity contribution in [2.45, 2.75) is 20.4 Å². The molecule has 0 unspecified atom stereocenters. The van der Waals surface area contributed by atoms with E-state index in [0.717, 1.165) is 18.8 Å². The van der Waals surface area contributed by atoms with Gasteiger partial charge >= 0.3 is 0 Å². The fraction of sp³-hybridized carbons (Fsp3) is 0.400. The summed E-state index contributed by atoms with van der Waals surface area (Å²) in [5.41, 5.74) is 7.97. The molecule has 0 saturated carbocycles. The number of anilines is 1. The largest absolute Gasteiger partial charge is 0.398 e. The summed E-state index contributed by atoms with van der Waals surface area (Å²) in [5, 5.41) is 5.34. The van der Waals surface area contributed by atoms with Crippen LogP contribution in [0.3, 0.4) is 0 Å². The third-order valence-corrected chi connectivity index (χ3v) is 2.66. The van der Waals surface area contributed by atoms with Crippen molar-refractivity contribution >= 4 is 17.0 Å². The molecule has 2 nitrogen and oxygen atoms in total. The van der Waals surface area contributed by atoms with Crippen molar-refractivity contribution in [2.24, 2.45) is 0 Å². The minimum atomic E-state index is 0.868. The molecule has 3 heteroatoms. The summed E-state index contributed by atoms with van der Waals surface area (Å²) in [6.07, 6.45) is 2.17. The first-order chi connectivity index (χ1) is 6.20. The minimum Gasteiger partial charge on any atom is -0.398 e. The van der Waals surface area contributed by atoms with E-state index < -0.39 is 0 Å². The molecule has 13 heavy (non-hydrogen) atoms. The Hall–Kier alpha value is -0.800. The highest BCUT2D eigenvalue weighted by molar-refractivity contribution is 7.10. The molecule has 72 valence electrons. The van der Waals surface area contributed by atoms with Gasteiger partial charge in [0.15, 0.2) is 0 Å². The topological polar surface area (TPSA) is 38.0 Å². The third kappa shape index (κ3) is 3.61. The summed E-state index contributed by atoms with van der Waals surface area (Å²) in [4.78, 5) is 1.22. The molecule has 0 radical (unpaired) electrons. The number of nitrogens with two attached hydrogens (primary N) is 1. The zero-order valence-corrected chi connectivity index (χ0v) is 8.95. The summed E-state index contributed by atoms with van der Waals surface area (Å²) < 4.78 is 0. The molecule has 0 fully saturated rings. The van der Waals surface area contributed by atoms with Gasteiger partial charge in [0.2, 0.25) is 0 Å². The van der Waals surface area contributed by atoms with Gasteiger partial charge in [0, 0.05) is 23.7 Å². The van der Waals surface area contributed by atoms with Crippen molar-refractivity contribution in [3.63, 3.8) is 0 Å². The molecule has 1 aromatic rings. The van der Waals surface area contributed by atoms with Crippen LogP contribution >= 0.6 is 11.3 Å². The van der Waals surface area contributed by atoms with Crippen LogP contribution in [0, 0.1) is 0 Å². The Morgan fingerprint density at radius 3 is 2.92 bits per heavy atom. The van der Waals surface area contributed by atoms with E-state index in [1.165, 1.54) is 10.5 Å². The van der Waals surface area contributed by atoms with Crippen LogP contribution in [0.2, 0.25) is 0 Å². The average molecular weight is 196 g/mol. The lowest BCUT2D eigenvalue weighted by molar-refractivity contribution is 0.768. The van der Waals surface area contributed by atoms with Crippen LogP contribution in [0.5, 0.6) is 0 Å². The number of nitrogen functional groups attached to an aromatic ring is 1. The fourth-order valence-electron chi connectivity index (χ4n) is 0.956. The Morgan fingerprint density at radius 2 is 2.38 bits per heavy atom. The van der Waals surface area contributed by atoms with Gasteiger partial charge in [-0.2, -0.15) is 0 Å². The first kappa shape index (κ1) is 10.3. The Labute approximate surface area is 83.5 Å². The highest BCUT2D eigenvalue weighted by atomic mass is 32.1. The van der Waals surface area contributed by atoms with Crippen molar-refractivity contribution < 1.29 is 0 Å². The van der Waals surface area contributed by atoms with Crippen molar-refractivity contribution in [1.82, 2.24) is 5.32 Å². The van der Waals surface area contributed by atoms with Gasteiger partial charge in [-0.05, 0) is 25.3 Å². The second-order valence-corrected chi connectivity index (χ2v) is 4.21. The summed E-state index contributed by atoms with van der Waals surface area (Å²) in [6, 6.07) is 1.95. The van der Waals surface area contributed by atoms with Gasteiger partial charge in [-0.1, -0.05) is 11.6 Å². The number of thiophene rings is 1. The highest BCUT2D eigenvalue weighted by Crippen LogP contribution is 2.17. The Bertz CT molecular complexity index is 285. The number of rotatable bonds is 4. The van der Waals surface area contributed by atoms with E-state index in [0.29, 0.717) is 0 Å². The van der Waals surface area contributed by atoms with E-state index in [2.05, 4.69) is 25.2 Å². The van der Waals surface area contributed by atoms with Crippen molar-refractivity contribution in [1.29, 1.82) is 0 Å². The van der Waals surface area contributed by atoms with Gasteiger partial charge in [-0.25, -0.2) is 0 Å². The summed E-state index contributed by atoms with van der Waals surface area (Å²) in [6.45, 7) is 5.98. The molecule has 0 aliphatic carbocycles. The van der Waals surface area contributed by atoms with Crippen molar-refractivity contribution in [3.05, 3.63) is 28.0 Å². The maximum Gasteiger partial charge on any atom is 0.0468 e. The fourth-order valence-corrected chi connectivity index (χ4v) is 1.72. The molecule has 0 aromatic carbocycles. The molecule has 1 heterocycles. The maximum absolute atomic E-state index is 5.74. The van der Waals surface area contributed by atoms with E-state index in [1.54, 1.807) is 11.3 Å². The van der Waals surface area contributed by atoms with Gasteiger partial charge in [0.1, 0.15) is 0 Å². The van der Waals surface area contributed by atoms with Crippen LogP contribution in [0.25, 0.3) is 0 Å². The number of nitrogens with one attached hydrogen (secondary N) is 1. The molecule has 3 N–H and O–H groups in total. The molecule has 0 spiro atoms. The maximum atomic E-state index is 5.74. The van der Waals surface area contributed by atoms with Gasteiger partial charge in [0.05, 0.1) is 0 Å². The second-order valence-electron chi connectivity index (χ2n) is 3.21. The zero-order valence-electron chi connectivity index (χ0n) is 8.13. The van der Waals surface area contributed by atoms with Crippen LogP contribution in [0.4, 0.5) is 5.69 Å². The summed E-state index contributed by atoms with van der Waals surface area (Å²) in [5.74, 6) is 0. The van der Waals surface area contributed by atoms with E-state index in [4.69, 9.17) is 5.73 Å². The first-order valence-corrected chi connectivity index (χ1v) is 5.24. The smallest absolute Gasteiger partial charge is 0.0468 e. The lowest BCUT2D eigenvalue weighted by Crippen LogP contribution is -2.12. The molecule has 1 aromatic heterocycles. The average Bonchev–Trinajstić information content (AvgIpc) is 2.45. The minimum absolute atomic E-state index is 0.868. The molecule has 0 bridgehead atoms. The predicted octanol–water partition coefficient (Wildman–Crippen LogP) is 2.39. The molecule has 0 aliphatic rings. The Kier molecular flexibility index (Phi) is 3.99. The van der Waals surface area contributed by atoms with Crippen LogP contribution in [0.1, 0.15) is 18.7 Å². The lowest BCUT2D eigenvalue weighted by Gasteiger charge is -2.00. The van der Waals surface area contributed by atoms with E-state index >= 15 is 0 Å². The number of allylic oxidation sites excluding steroid dienone is 1. The van der Waals surface area contributed by atoms with Gasteiger partial charge in [-0.15, -0.1) is 11.3 Å². The number of hydrogen-bond acceptors (Lipinski definition) is 3. The SMILES string of the molecule is CC(C)=CCNCc1sccc1N. The molecule has 0 atom stereocenters. The molecular weight excluding hydrogens is 180 g/mol. The van der Waals surface area contributed by atoms with Gasteiger partial charge < -0.3 is 11.1 Å². The standard InChI is InChI=1S/C10H16N2S/c1-8(2)3-5-12-7-10-9(11)4-6-13-10/h3-4,6,12H,5,7,11H2,1-2H3. The van der Waals surface area contributed by atoms with Crippen LogP contribution in [-0.4, -0.2) is 6.54 Å².